The van der Waals surface area contributed by atoms with E-state index in [1.807, 2.05) is 0 Å². The number of carbonyl (C=O) groups excluding carboxylic acids is 1. The molecule has 1 aromatic carbocycles. The van der Waals surface area contributed by atoms with Crippen LogP contribution in [-0.4, -0.2) is 5.91 Å². The van der Waals surface area contributed by atoms with Crippen molar-refractivity contribution >= 4 is 11.6 Å². The SMILES string of the molecule is CCCC1CC(=O)Nc2cc(F)ccc21. The van der Waals surface area contributed by atoms with Crippen LogP contribution < -0.4 is 5.32 Å². The maximum Gasteiger partial charge on any atom is 0.224 e. The molecule has 1 unspecified atom stereocenters. The second-order valence-corrected chi connectivity index (χ2v) is 3.97. The standard InChI is InChI=1S/C12H14FNO/c1-2-3-8-6-12(15)14-11-7-9(13)4-5-10(8)11/h4-5,7-8H,2-3,6H2,1H3,(H,14,15). The largest absolute Gasteiger partial charge is 0.326 e. The molecule has 0 aliphatic carbocycles. The van der Waals surface area contributed by atoms with E-state index in [1.165, 1.54) is 12.1 Å². The average molecular weight is 207 g/mol. The number of anilines is 1. The molecule has 0 aromatic heterocycles. The van der Waals surface area contributed by atoms with Crippen LogP contribution in [0, 0.1) is 5.82 Å². The van der Waals surface area contributed by atoms with Crippen LogP contribution in [0.3, 0.4) is 0 Å². The number of carbonyl (C=O) groups is 1. The van der Waals surface area contributed by atoms with E-state index in [2.05, 4.69) is 12.2 Å². The lowest BCUT2D eigenvalue weighted by molar-refractivity contribution is -0.116. The van der Waals surface area contributed by atoms with Crippen LogP contribution in [0.4, 0.5) is 10.1 Å². The molecule has 1 aliphatic rings. The molecule has 2 nitrogen and oxygen atoms in total. The Morgan fingerprint density at radius 2 is 2.33 bits per heavy atom. The summed E-state index contributed by atoms with van der Waals surface area (Å²) < 4.78 is 13.0. The van der Waals surface area contributed by atoms with Crippen LogP contribution in [0.5, 0.6) is 0 Å². The Hall–Kier alpha value is -1.38. The zero-order chi connectivity index (χ0) is 10.8. The van der Waals surface area contributed by atoms with Crippen LogP contribution in [-0.2, 0) is 4.79 Å². The first-order chi connectivity index (χ1) is 7.20. The van der Waals surface area contributed by atoms with Crippen molar-refractivity contribution in [2.75, 3.05) is 5.32 Å². The third-order valence-corrected chi connectivity index (χ3v) is 2.80. The predicted octanol–water partition coefficient (Wildman–Crippen LogP) is 3.05. The lowest BCUT2D eigenvalue weighted by atomic mass is 9.87. The molecule has 1 aromatic rings. The Bertz CT molecular complexity index is 389. The second-order valence-electron chi connectivity index (χ2n) is 3.97. The maximum absolute atomic E-state index is 13.0. The lowest BCUT2D eigenvalue weighted by Gasteiger charge is -2.25. The topological polar surface area (TPSA) is 29.1 Å². The molecule has 0 spiro atoms. The van der Waals surface area contributed by atoms with E-state index in [1.54, 1.807) is 6.07 Å². The summed E-state index contributed by atoms with van der Waals surface area (Å²) in [7, 11) is 0. The molecule has 1 amide bonds. The maximum atomic E-state index is 13.0. The molecule has 0 fully saturated rings. The van der Waals surface area contributed by atoms with E-state index in [0.29, 0.717) is 12.1 Å². The van der Waals surface area contributed by atoms with Gasteiger partial charge in [0.15, 0.2) is 0 Å². The van der Waals surface area contributed by atoms with E-state index in [-0.39, 0.29) is 17.6 Å². The van der Waals surface area contributed by atoms with Crippen LogP contribution in [0.15, 0.2) is 18.2 Å². The summed E-state index contributed by atoms with van der Waals surface area (Å²) in [4.78, 5) is 11.4. The summed E-state index contributed by atoms with van der Waals surface area (Å²) in [5, 5.41) is 2.71. The summed E-state index contributed by atoms with van der Waals surface area (Å²) >= 11 is 0. The zero-order valence-electron chi connectivity index (χ0n) is 8.72. The normalized spacial score (nSPS) is 19.6. The Labute approximate surface area is 88.5 Å². The van der Waals surface area contributed by atoms with Crippen LogP contribution >= 0.6 is 0 Å². The molecule has 2 rings (SSSR count). The van der Waals surface area contributed by atoms with Crippen molar-refractivity contribution in [3.8, 4) is 0 Å². The fourth-order valence-electron chi connectivity index (χ4n) is 2.13. The molecule has 1 aliphatic heterocycles. The summed E-state index contributed by atoms with van der Waals surface area (Å²) in [6.45, 7) is 2.09. The minimum atomic E-state index is -0.300. The molecular weight excluding hydrogens is 193 g/mol. The van der Waals surface area contributed by atoms with E-state index in [0.717, 1.165) is 18.4 Å². The average Bonchev–Trinajstić information content (AvgIpc) is 2.17. The van der Waals surface area contributed by atoms with E-state index < -0.39 is 0 Å². The molecule has 0 saturated carbocycles. The van der Waals surface area contributed by atoms with Gasteiger partial charge in [-0.1, -0.05) is 19.4 Å². The van der Waals surface area contributed by atoms with Gasteiger partial charge in [-0.2, -0.15) is 0 Å². The third-order valence-electron chi connectivity index (χ3n) is 2.80. The quantitative estimate of drug-likeness (QED) is 0.793. The first-order valence-electron chi connectivity index (χ1n) is 5.30. The van der Waals surface area contributed by atoms with Gasteiger partial charge in [0.25, 0.3) is 0 Å². The van der Waals surface area contributed by atoms with Gasteiger partial charge < -0.3 is 5.32 Å². The van der Waals surface area contributed by atoms with E-state index >= 15 is 0 Å². The zero-order valence-corrected chi connectivity index (χ0v) is 8.72. The molecular formula is C12H14FNO. The van der Waals surface area contributed by atoms with Gasteiger partial charge in [-0.05, 0) is 30.0 Å². The monoisotopic (exact) mass is 207 g/mol. The number of hydrogen-bond donors (Lipinski definition) is 1. The number of amides is 1. The first kappa shape index (κ1) is 10.1. The highest BCUT2D eigenvalue weighted by molar-refractivity contribution is 5.94. The van der Waals surface area contributed by atoms with Gasteiger partial charge in [0.05, 0.1) is 0 Å². The van der Waals surface area contributed by atoms with Crippen molar-refractivity contribution in [2.45, 2.75) is 32.1 Å². The first-order valence-corrected chi connectivity index (χ1v) is 5.30. The van der Waals surface area contributed by atoms with Gasteiger partial charge >= 0.3 is 0 Å². The van der Waals surface area contributed by atoms with Crippen molar-refractivity contribution in [3.63, 3.8) is 0 Å². The Kier molecular flexibility index (Phi) is 2.71. The molecule has 0 bridgehead atoms. The van der Waals surface area contributed by atoms with Crippen molar-refractivity contribution < 1.29 is 9.18 Å². The highest BCUT2D eigenvalue weighted by atomic mass is 19.1. The number of fused-ring (bicyclic) bond motifs is 1. The molecule has 0 saturated heterocycles. The number of rotatable bonds is 2. The fourth-order valence-corrected chi connectivity index (χ4v) is 2.13. The number of nitrogens with one attached hydrogen (secondary N) is 1. The van der Waals surface area contributed by atoms with Gasteiger partial charge in [0.2, 0.25) is 5.91 Å². The smallest absolute Gasteiger partial charge is 0.224 e. The molecule has 15 heavy (non-hydrogen) atoms. The minimum absolute atomic E-state index is 0.00782. The van der Waals surface area contributed by atoms with Gasteiger partial charge in [-0.25, -0.2) is 4.39 Å². The predicted molar refractivity (Wildman–Crippen MR) is 57.3 cm³/mol. The Morgan fingerprint density at radius 3 is 3.07 bits per heavy atom. The molecule has 1 atom stereocenters. The lowest BCUT2D eigenvalue weighted by Crippen LogP contribution is -2.22. The number of hydrogen-bond acceptors (Lipinski definition) is 1. The fraction of sp³-hybridized carbons (Fsp3) is 0.417. The summed E-state index contributed by atoms with van der Waals surface area (Å²) in [6, 6.07) is 4.64. The molecule has 80 valence electrons. The summed E-state index contributed by atoms with van der Waals surface area (Å²) in [5.41, 5.74) is 1.71. The summed E-state index contributed by atoms with van der Waals surface area (Å²) in [6.07, 6.45) is 2.54. The van der Waals surface area contributed by atoms with Crippen LogP contribution in [0.25, 0.3) is 0 Å². The molecule has 0 radical (unpaired) electrons. The van der Waals surface area contributed by atoms with Gasteiger partial charge in [-0.3, -0.25) is 4.79 Å². The highest BCUT2D eigenvalue weighted by Crippen LogP contribution is 2.35. The molecule has 1 N–H and O–H groups in total. The van der Waals surface area contributed by atoms with Crippen molar-refractivity contribution in [2.24, 2.45) is 0 Å². The van der Waals surface area contributed by atoms with Crippen LogP contribution in [0.2, 0.25) is 0 Å². The van der Waals surface area contributed by atoms with Gasteiger partial charge in [0, 0.05) is 12.1 Å². The van der Waals surface area contributed by atoms with Crippen molar-refractivity contribution in [1.29, 1.82) is 0 Å². The minimum Gasteiger partial charge on any atom is -0.326 e. The van der Waals surface area contributed by atoms with Gasteiger partial charge in [-0.15, -0.1) is 0 Å². The van der Waals surface area contributed by atoms with Crippen molar-refractivity contribution in [3.05, 3.63) is 29.6 Å². The van der Waals surface area contributed by atoms with Crippen molar-refractivity contribution in [1.82, 2.24) is 0 Å². The van der Waals surface area contributed by atoms with E-state index in [4.69, 9.17) is 0 Å². The third kappa shape index (κ3) is 2.01. The van der Waals surface area contributed by atoms with Crippen LogP contribution in [0.1, 0.15) is 37.7 Å². The highest BCUT2D eigenvalue weighted by Gasteiger charge is 2.24. The molecule has 1 heterocycles. The summed E-state index contributed by atoms with van der Waals surface area (Å²) in [5.74, 6) is -0.0582. The second kappa shape index (κ2) is 4.01. The number of benzene rings is 1. The van der Waals surface area contributed by atoms with E-state index in [9.17, 15) is 9.18 Å². The van der Waals surface area contributed by atoms with Gasteiger partial charge in [0.1, 0.15) is 5.82 Å². The molecule has 3 heteroatoms. The number of halogens is 1. The Balaban J connectivity index is 2.37. The Morgan fingerprint density at radius 1 is 1.53 bits per heavy atom.